The van der Waals surface area contributed by atoms with Gasteiger partial charge in [0, 0.05) is 10.8 Å². The fraction of sp³-hybridized carbons (Fsp3) is 0.214. The summed E-state index contributed by atoms with van der Waals surface area (Å²) in [5.74, 6) is 0.404. The van der Waals surface area contributed by atoms with Gasteiger partial charge in [-0.1, -0.05) is 101 Å². The molecular formula is C28H34N2O2. The van der Waals surface area contributed by atoms with Crippen LogP contribution in [-0.2, 0) is 0 Å². The Hall–Kier alpha value is -3.66. The minimum absolute atomic E-state index is 0.202. The van der Waals surface area contributed by atoms with Crippen molar-refractivity contribution in [3.8, 4) is 11.5 Å². The van der Waals surface area contributed by atoms with Crippen molar-refractivity contribution in [1.29, 1.82) is 0 Å². The number of rotatable bonds is 2. The normalized spacial score (nSPS) is 9.38. The maximum atomic E-state index is 9.72. The summed E-state index contributed by atoms with van der Waals surface area (Å²) in [6.07, 6.45) is 2.50. The summed E-state index contributed by atoms with van der Waals surface area (Å²) in [5.41, 5.74) is 1.05. The largest absolute Gasteiger partial charge is 0.505 e. The third-order valence-corrected chi connectivity index (χ3v) is 4.10. The van der Waals surface area contributed by atoms with E-state index in [-0.39, 0.29) is 11.5 Å². The third kappa shape index (κ3) is 7.24. The van der Waals surface area contributed by atoms with Crippen molar-refractivity contribution in [3.63, 3.8) is 0 Å². The fourth-order valence-electron chi connectivity index (χ4n) is 2.74. The molecule has 168 valence electrons. The lowest BCUT2D eigenvalue weighted by Gasteiger charge is -2.02. The molecule has 4 aromatic carbocycles. The van der Waals surface area contributed by atoms with Crippen LogP contribution in [0.4, 0.5) is 11.4 Å². The lowest BCUT2D eigenvalue weighted by Crippen LogP contribution is -1.73. The first-order chi connectivity index (χ1) is 15.5. The van der Waals surface area contributed by atoms with E-state index in [2.05, 4.69) is 51.1 Å². The van der Waals surface area contributed by atoms with Gasteiger partial charge in [0.05, 0.1) is 0 Å². The minimum atomic E-state index is 0.202. The highest BCUT2D eigenvalue weighted by molar-refractivity contribution is 5.93. The van der Waals surface area contributed by atoms with E-state index < -0.39 is 0 Å². The summed E-state index contributed by atoms with van der Waals surface area (Å²) in [6.45, 7) is 15.3. The summed E-state index contributed by atoms with van der Waals surface area (Å²) in [6, 6.07) is 22.6. The van der Waals surface area contributed by atoms with Gasteiger partial charge in [-0.25, -0.2) is 0 Å². The van der Waals surface area contributed by atoms with E-state index in [1.54, 1.807) is 12.1 Å². The number of nitrogens with zero attached hydrogens (tertiary/aromatic N) is 2. The van der Waals surface area contributed by atoms with E-state index >= 15 is 0 Å². The molecule has 0 fully saturated rings. The molecule has 4 nitrogen and oxygen atoms in total. The molecule has 0 radical (unpaired) electrons. The van der Waals surface area contributed by atoms with Crippen LogP contribution in [0.1, 0.15) is 40.5 Å². The number of benzene rings is 4. The number of phenolic OH excluding ortho intramolecular Hbond substituents is 2. The topological polar surface area (TPSA) is 65.2 Å². The van der Waals surface area contributed by atoms with Gasteiger partial charge in [0.25, 0.3) is 0 Å². The maximum Gasteiger partial charge on any atom is 0.148 e. The zero-order valence-electron chi connectivity index (χ0n) is 19.5. The number of aromatic hydroxyl groups is 2. The lowest BCUT2D eigenvalue weighted by molar-refractivity contribution is 0.483. The Balaban J connectivity index is 0.000000258. The van der Waals surface area contributed by atoms with Crippen molar-refractivity contribution in [3.05, 3.63) is 72.8 Å². The second-order valence-electron chi connectivity index (χ2n) is 7.04. The zero-order chi connectivity index (χ0) is 23.9. The van der Waals surface area contributed by atoms with Gasteiger partial charge in [-0.15, -0.1) is 0 Å². The summed E-state index contributed by atoms with van der Waals surface area (Å²) in [4.78, 5) is 7.44. The smallest absolute Gasteiger partial charge is 0.148 e. The van der Waals surface area contributed by atoms with Crippen LogP contribution in [0.25, 0.3) is 21.5 Å². The van der Waals surface area contributed by atoms with E-state index in [1.807, 2.05) is 60.7 Å². The molecule has 4 aromatic rings. The van der Waals surface area contributed by atoms with Crippen LogP contribution in [0.15, 0.2) is 82.8 Å². The number of hydrogen-bond donors (Lipinski definition) is 2. The highest BCUT2D eigenvalue weighted by Crippen LogP contribution is 2.34. The molecule has 0 spiro atoms. The molecule has 0 atom stereocenters. The van der Waals surface area contributed by atoms with Crippen molar-refractivity contribution < 1.29 is 10.2 Å². The number of fused-ring (bicyclic) bond motifs is 2. The highest BCUT2D eigenvalue weighted by atomic mass is 16.3. The standard InChI is InChI=1S/2C11H9NO.2C3H8/c2*1-12-10-7-6-8-4-2-3-5-9(8)11(10)13;2*1-3-2/h2*2-7,13H,1H2;2*3H2,1-2H3. The molecule has 0 saturated carbocycles. The summed E-state index contributed by atoms with van der Waals surface area (Å²) in [7, 11) is 0. The summed E-state index contributed by atoms with van der Waals surface area (Å²) in [5, 5.41) is 23.1. The number of phenols is 2. The zero-order valence-corrected chi connectivity index (χ0v) is 19.5. The average molecular weight is 431 g/mol. The van der Waals surface area contributed by atoms with Crippen LogP contribution < -0.4 is 0 Å². The Labute approximate surface area is 191 Å². The van der Waals surface area contributed by atoms with E-state index in [0.717, 1.165) is 21.5 Å². The second kappa shape index (κ2) is 14.4. The van der Waals surface area contributed by atoms with Crippen LogP contribution in [-0.4, -0.2) is 23.6 Å². The Morgan fingerprint density at radius 1 is 0.562 bits per heavy atom. The number of hydrogen-bond acceptors (Lipinski definition) is 4. The van der Waals surface area contributed by atoms with Gasteiger partial charge in [-0.3, -0.25) is 9.98 Å². The van der Waals surface area contributed by atoms with Crippen molar-refractivity contribution in [2.24, 2.45) is 9.98 Å². The second-order valence-corrected chi connectivity index (χ2v) is 7.04. The van der Waals surface area contributed by atoms with Gasteiger partial charge >= 0.3 is 0 Å². The highest BCUT2D eigenvalue weighted by Gasteiger charge is 2.03. The van der Waals surface area contributed by atoms with Crippen molar-refractivity contribution in [2.75, 3.05) is 0 Å². The SMILES string of the molecule is C=Nc1ccc2ccccc2c1O.C=Nc1ccc2ccccc2c1O.CCC.CCC. The molecule has 4 heteroatoms. The van der Waals surface area contributed by atoms with E-state index in [0.29, 0.717) is 11.4 Å². The van der Waals surface area contributed by atoms with Gasteiger partial charge in [-0.05, 0) is 36.3 Å². The van der Waals surface area contributed by atoms with Crippen LogP contribution >= 0.6 is 0 Å². The first-order valence-corrected chi connectivity index (χ1v) is 10.8. The van der Waals surface area contributed by atoms with Crippen LogP contribution in [0.2, 0.25) is 0 Å². The molecule has 0 aliphatic heterocycles. The van der Waals surface area contributed by atoms with Crippen molar-refractivity contribution in [1.82, 2.24) is 0 Å². The molecule has 0 aliphatic carbocycles. The summed E-state index contributed by atoms with van der Waals surface area (Å²) >= 11 is 0. The molecule has 0 saturated heterocycles. The maximum absolute atomic E-state index is 9.72. The Kier molecular flexibility index (Phi) is 11.8. The molecule has 4 rings (SSSR count). The fourth-order valence-corrected chi connectivity index (χ4v) is 2.74. The van der Waals surface area contributed by atoms with Gasteiger partial charge in [0.1, 0.15) is 22.9 Å². The van der Waals surface area contributed by atoms with Gasteiger partial charge in [0.15, 0.2) is 0 Å². The number of aliphatic imine (C=N–C) groups is 2. The molecule has 0 bridgehead atoms. The predicted octanol–water partition coefficient (Wildman–Crippen LogP) is 8.59. The minimum Gasteiger partial charge on any atom is -0.505 e. The Bertz CT molecular complexity index is 1050. The lowest BCUT2D eigenvalue weighted by atomic mass is 10.1. The summed E-state index contributed by atoms with van der Waals surface area (Å²) < 4.78 is 0. The van der Waals surface area contributed by atoms with Gasteiger partial charge in [0.2, 0.25) is 0 Å². The molecule has 0 amide bonds. The quantitative estimate of drug-likeness (QED) is 0.313. The van der Waals surface area contributed by atoms with Crippen molar-refractivity contribution in [2.45, 2.75) is 40.5 Å². The van der Waals surface area contributed by atoms with Crippen LogP contribution in [0.3, 0.4) is 0 Å². The van der Waals surface area contributed by atoms with Crippen LogP contribution in [0.5, 0.6) is 11.5 Å². The van der Waals surface area contributed by atoms with E-state index in [9.17, 15) is 10.2 Å². The molecule has 0 heterocycles. The molecule has 0 aliphatic rings. The monoisotopic (exact) mass is 430 g/mol. The first-order valence-electron chi connectivity index (χ1n) is 10.8. The van der Waals surface area contributed by atoms with E-state index in [4.69, 9.17) is 0 Å². The third-order valence-electron chi connectivity index (χ3n) is 4.10. The molecule has 2 N–H and O–H groups in total. The molecule has 0 unspecified atom stereocenters. The predicted molar refractivity (Wildman–Crippen MR) is 142 cm³/mol. The van der Waals surface area contributed by atoms with E-state index in [1.165, 1.54) is 12.8 Å². The van der Waals surface area contributed by atoms with Crippen LogP contribution in [0, 0.1) is 0 Å². The first kappa shape index (κ1) is 26.4. The molecule has 0 aromatic heterocycles. The van der Waals surface area contributed by atoms with Gasteiger partial charge < -0.3 is 10.2 Å². The van der Waals surface area contributed by atoms with Gasteiger partial charge in [-0.2, -0.15) is 0 Å². The molecule has 32 heavy (non-hydrogen) atoms. The Morgan fingerprint density at radius 3 is 1.19 bits per heavy atom. The average Bonchev–Trinajstić information content (AvgIpc) is 2.82. The Morgan fingerprint density at radius 2 is 0.875 bits per heavy atom. The van der Waals surface area contributed by atoms with Crippen molar-refractivity contribution >= 4 is 46.4 Å². The molecular weight excluding hydrogens is 396 g/mol.